The van der Waals surface area contributed by atoms with E-state index in [1.165, 1.54) is 12.1 Å². The molecule has 1 unspecified atom stereocenters. The summed E-state index contributed by atoms with van der Waals surface area (Å²) in [7, 11) is 0. The number of aromatic hydroxyl groups is 1. The van der Waals surface area contributed by atoms with Crippen LogP contribution in [0.2, 0.25) is 5.02 Å². The van der Waals surface area contributed by atoms with Gasteiger partial charge in [-0.05, 0) is 31.5 Å². The summed E-state index contributed by atoms with van der Waals surface area (Å²) in [4.78, 5) is 0. The smallest absolute Gasteiger partial charge is 0.171 e. The third-order valence-corrected chi connectivity index (χ3v) is 3.09. The number of hydrogen-bond donors (Lipinski definition) is 2. The number of halogens is 2. The van der Waals surface area contributed by atoms with Crippen molar-refractivity contribution in [2.24, 2.45) is 0 Å². The molecule has 1 heterocycles. The highest BCUT2D eigenvalue weighted by atomic mass is 35.5. The Morgan fingerprint density at radius 1 is 1.40 bits per heavy atom. The highest BCUT2D eigenvalue weighted by Gasteiger charge is 2.22. The molecule has 0 aromatic heterocycles. The largest absolute Gasteiger partial charge is 0.505 e. The lowest BCUT2D eigenvalue weighted by molar-refractivity contribution is 0.383. The van der Waals surface area contributed by atoms with Gasteiger partial charge >= 0.3 is 0 Å². The van der Waals surface area contributed by atoms with Gasteiger partial charge < -0.3 is 10.4 Å². The van der Waals surface area contributed by atoms with Crippen molar-refractivity contribution in [3.63, 3.8) is 0 Å². The van der Waals surface area contributed by atoms with Gasteiger partial charge in [-0.3, -0.25) is 0 Å². The van der Waals surface area contributed by atoms with Crippen LogP contribution in [0.15, 0.2) is 12.1 Å². The molecule has 0 radical (unpaired) electrons. The SMILES string of the molecule is Oc1ccc(Cl)c(C2CCCCN2)c1F. The second-order valence-electron chi connectivity index (χ2n) is 3.80. The van der Waals surface area contributed by atoms with Crippen molar-refractivity contribution in [1.82, 2.24) is 5.32 Å². The van der Waals surface area contributed by atoms with Gasteiger partial charge in [-0.1, -0.05) is 18.0 Å². The quantitative estimate of drug-likeness (QED) is 0.776. The first-order valence-corrected chi connectivity index (χ1v) is 5.48. The monoisotopic (exact) mass is 229 g/mol. The summed E-state index contributed by atoms with van der Waals surface area (Å²) in [6, 6.07) is 2.74. The maximum absolute atomic E-state index is 13.7. The van der Waals surface area contributed by atoms with Crippen LogP contribution in [0.1, 0.15) is 30.9 Å². The molecule has 2 nitrogen and oxygen atoms in total. The molecule has 1 aliphatic heterocycles. The van der Waals surface area contributed by atoms with Crippen LogP contribution in [0.4, 0.5) is 4.39 Å². The molecule has 2 rings (SSSR count). The van der Waals surface area contributed by atoms with Crippen LogP contribution < -0.4 is 5.32 Å². The summed E-state index contributed by atoms with van der Waals surface area (Å²) in [5, 5.41) is 12.9. The highest BCUT2D eigenvalue weighted by molar-refractivity contribution is 6.31. The normalized spacial score (nSPS) is 21.6. The lowest BCUT2D eigenvalue weighted by Gasteiger charge is -2.25. The van der Waals surface area contributed by atoms with E-state index in [2.05, 4.69) is 5.32 Å². The highest BCUT2D eigenvalue weighted by Crippen LogP contribution is 2.34. The minimum atomic E-state index is -0.595. The average molecular weight is 230 g/mol. The molecule has 1 aliphatic rings. The van der Waals surface area contributed by atoms with Crippen LogP contribution in [0.3, 0.4) is 0 Å². The average Bonchev–Trinajstić information content (AvgIpc) is 2.26. The van der Waals surface area contributed by atoms with Crippen molar-refractivity contribution in [2.75, 3.05) is 6.54 Å². The number of nitrogens with one attached hydrogen (secondary N) is 1. The Morgan fingerprint density at radius 3 is 2.87 bits per heavy atom. The maximum Gasteiger partial charge on any atom is 0.171 e. The molecule has 0 aliphatic carbocycles. The molecule has 1 aromatic rings. The molecular weight excluding hydrogens is 217 g/mol. The van der Waals surface area contributed by atoms with Crippen LogP contribution in [-0.4, -0.2) is 11.7 Å². The zero-order chi connectivity index (χ0) is 10.8. The Bertz CT molecular complexity index is 364. The van der Waals surface area contributed by atoms with Crippen molar-refractivity contribution in [3.8, 4) is 5.75 Å². The van der Waals surface area contributed by atoms with Gasteiger partial charge in [0, 0.05) is 16.6 Å². The van der Waals surface area contributed by atoms with Gasteiger partial charge in [-0.2, -0.15) is 0 Å². The second kappa shape index (κ2) is 4.37. The first-order chi connectivity index (χ1) is 7.20. The predicted octanol–water partition coefficient (Wildman–Crippen LogP) is 3.00. The fourth-order valence-electron chi connectivity index (χ4n) is 1.98. The summed E-state index contributed by atoms with van der Waals surface area (Å²) < 4.78 is 13.7. The van der Waals surface area contributed by atoms with E-state index in [0.717, 1.165) is 25.8 Å². The fourth-order valence-corrected chi connectivity index (χ4v) is 2.25. The van der Waals surface area contributed by atoms with Crippen LogP contribution in [-0.2, 0) is 0 Å². The number of piperidine rings is 1. The van der Waals surface area contributed by atoms with Gasteiger partial charge in [0.05, 0.1) is 0 Å². The van der Waals surface area contributed by atoms with Crippen molar-refractivity contribution < 1.29 is 9.50 Å². The minimum absolute atomic E-state index is 0.0710. The molecule has 0 spiro atoms. The predicted molar refractivity (Wildman–Crippen MR) is 57.7 cm³/mol. The van der Waals surface area contributed by atoms with Crippen molar-refractivity contribution in [3.05, 3.63) is 28.5 Å². The van der Waals surface area contributed by atoms with Gasteiger partial charge in [0.2, 0.25) is 0 Å². The van der Waals surface area contributed by atoms with Crippen LogP contribution in [0, 0.1) is 5.82 Å². The zero-order valence-electron chi connectivity index (χ0n) is 8.26. The number of hydrogen-bond acceptors (Lipinski definition) is 2. The maximum atomic E-state index is 13.7. The first-order valence-electron chi connectivity index (χ1n) is 5.10. The number of rotatable bonds is 1. The minimum Gasteiger partial charge on any atom is -0.505 e. The van der Waals surface area contributed by atoms with E-state index < -0.39 is 5.82 Å². The van der Waals surface area contributed by atoms with E-state index in [-0.39, 0.29) is 11.8 Å². The van der Waals surface area contributed by atoms with Gasteiger partial charge in [0.1, 0.15) is 0 Å². The first kappa shape index (κ1) is 10.7. The lowest BCUT2D eigenvalue weighted by Crippen LogP contribution is -2.27. The van der Waals surface area contributed by atoms with Gasteiger partial charge in [-0.15, -0.1) is 0 Å². The Morgan fingerprint density at radius 2 is 2.20 bits per heavy atom. The van der Waals surface area contributed by atoms with Crippen LogP contribution >= 0.6 is 11.6 Å². The van der Waals surface area contributed by atoms with Crippen molar-refractivity contribution >= 4 is 11.6 Å². The molecule has 4 heteroatoms. The molecule has 0 saturated carbocycles. The zero-order valence-corrected chi connectivity index (χ0v) is 9.02. The van der Waals surface area contributed by atoms with Gasteiger partial charge in [-0.25, -0.2) is 4.39 Å². The van der Waals surface area contributed by atoms with E-state index in [1.54, 1.807) is 0 Å². The van der Waals surface area contributed by atoms with Crippen LogP contribution in [0.25, 0.3) is 0 Å². The Labute approximate surface area is 93.1 Å². The summed E-state index contributed by atoms with van der Waals surface area (Å²) >= 11 is 5.94. The lowest BCUT2D eigenvalue weighted by atomic mass is 9.97. The molecule has 0 amide bonds. The molecule has 0 bridgehead atoms. The molecule has 1 atom stereocenters. The van der Waals surface area contributed by atoms with E-state index in [4.69, 9.17) is 11.6 Å². The van der Waals surface area contributed by atoms with Crippen LogP contribution in [0.5, 0.6) is 5.75 Å². The fraction of sp³-hybridized carbons (Fsp3) is 0.455. The molecule has 15 heavy (non-hydrogen) atoms. The Balaban J connectivity index is 2.36. The van der Waals surface area contributed by atoms with E-state index in [1.807, 2.05) is 0 Å². The second-order valence-corrected chi connectivity index (χ2v) is 4.20. The standard InChI is InChI=1S/C11H13ClFNO/c12-7-4-5-9(15)11(13)10(7)8-3-1-2-6-14-8/h4-5,8,14-15H,1-3,6H2. The number of phenols is 1. The summed E-state index contributed by atoms with van der Waals surface area (Å²) in [6.45, 7) is 0.871. The molecule has 82 valence electrons. The molecular formula is C11H13ClFNO. The Hall–Kier alpha value is -0.800. The van der Waals surface area contributed by atoms with E-state index in [9.17, 15) is 9.50 Å². The third kappa shape index (κ3) is 2.08. The number of phenolic OH excluding ortho intramolecular Hbond substituents is 1. The Kier molecular flexibility index (Phi) is 3.12. The van der Waals surface area contributed by atoms with Crippen molar-refractivity contribution in [1.29, 1.82) is 0 Å². The summed E-state index contributed by atoms with van der Waals surface area (Å²) in [5.41, 5.74) is 0.399. The molecule has 1 fully saturated rings. The molecule has 1 saturated heterocycles. The summed E-state index contributed by atoms with van der Waals surface area (Å²) in [6.07, 6.45) is 3.03. The topological polar surface area (TPSA) is 32.3 Å². The van der Waals surface area contributed by atoms with Gasteiger partial charge in [0.15, 0.2) is 11.6 Å². The van der Waals surface area contributed by atoms with Crippen molar-refractivity contribution in [2.45, 2.75) is 25.3 Å². The molecule has 2 N–H and O–H groups in total. The third-order valence-electron chi connectivity index (χ3n) is 2.76. The van der Waals surface area contributed by atoms with E-state index >= 15 is 0 Å². The van der Waals surface area contributed by atoms with Gasteiger partial charge in [0.25, 0.3) is 0 Å². The number of benzene rings is 1. The van der Waals surface area contributed by atoms with E-state index in [0.29, 0.717) is 10.6 Å². The molecule has 1 aromatic carbocycles. The summed E-state index contributed by atoms with van der Waals surface area (Å²) in [5.74, 6) is -0.927.